The van der Waals surface area contributed by atoms with Gasteiger partial charge in [0.15, 0.2) is 6.10 Å². The van der Waals surface area contributed by atoms with E-state index >= 15 is 0 Å². The first-order valence-corrected chi connectivity index (χ1v) is 6.25. The van der Waals surface area contributed by atoms with Crippen LogP contribution in [0.25, 0.3) is 0 Å². The lowest BCUT2D eigenvalue weighted by Gasteiger charge is -2.18. The molecular formula is C14H20FNO2. The van der Waals surface area contributed by atoms with Crippen molar-refractivity contribution in [3.63, 3.8) is 0 Å². The average Bonchev–Trinajstić information content (AvgIpc) is 2.32. The van der Waals surface area contributed by atoms with Crippen LogP contribution in [0.2, 0.25) is 0 Å². The highest BCUT2D eigenvalue weighted by Crippen LogP contribution is 2.13. The first-order chi connectivity index (χ1) is 8.52. The Labute approximate surface area is 107 Å². The minimum absolute atomic E-state index is 0.141. The third kappa shape index (κ3) is 4.73. The Morgan fingerprint density at radius 3 is 2.50 bits per heavy atom. The number of carbonyl (C=O) groups excluding carboxylic acids is 1. The SMILES string of the molecule is CCC[C@@H](C)NC(=O)[C@@H](C)Oc1ccc(F)cc1. The number of rotatable bonds is 6. The van der Waals surface area contributed by atoms with Crippen LogP contribution in [0.5, 0.6) is 5.75 Å². The minimum Gasteiger partial charge on any atom is -0.481 e. The number of ether oxygens (including phenoxy) is 1. The number of hydrogen-bond donors (Lipinski definition) is 1. The number of carbonyl (C=O) groups is 1. The summed E-state index contributed by atoms with van der Waals surface area (Å²) in [6.07, 6.45) is 1.37. The van der Waals surface area contributed by atoms with Crippen LogP contribution in [-0.2, 0) is 4.79 Å². The molecule has 100 valence electrons. The predicted octanol–water partition coefficient (Wildman–Crippen LogP) is 2.90. The van der Waals surface area contributed by atoms with Crippen LogP contribution in [0.15, 0.2) is 24.3 Å². The van der Waals surface area contributed by atoms with Crippen LogP contribution >= 0.6 is 0 Å². The average molecular weight is 253 g/mol. The van der Waals surface area contributed by atoms with Crippen molar-refractivity contribution in [3.05, 3.63) is 30.1 Å². The Hall–Kier alpha value is -1.58. The van der Waals surface area contributed by atoms with Crippen LogP contribution in [0.4, 0.5) is 4.39 Å². The standard InChI is InChI=1S/C14H20FNO2/c1-4-5-10(2)16-14(17)11(3)18-13-8-6-12(15)7-9-13/h6-11H,4-5H2,1-3H3,(H,16,17)/t10-,11-/m1/s1. The van der Waals surface area contributed by atoms with Gasteiger partial charge in [-0.25, -0.2) is 4.39 Å². The molecule has 2 atom stereocenters. The van der Waals surface area contributed by atoms with E-state index in [4.69, 9.17) is 4.74 Å². The molecule has 0 unspecified atom stereocenters. The van der Waals surface area contributed by atoms with Gasteiger partial charge >= 0.3 is 0 Å². The Bertz CT molecular complexity index is 378. The highest BCUT2D eigenvalue weighted by atomic mass is 19.1. The van der Waals surface area contributed by atoms with Gasteiger partial charge in [-0.1, -0.05) is 13.3 Å². The zero-order valence-electron chi connectivity index (χ0n) is 11.1. The molecule has 0 spiro atoms. The van der Waals surface area contributed by atoms with E-state index in [1.807, 2.05) is 6.92 Å². The smallest absolute Gasteiger partial charge is 0.260 e. The molecule has 0 saturated heterocycles. The van der Waals surface area contributed by atoms with Crippen LogP contribution in [0, 0.1) is 5.82 Å². The second-order valence-electron chi connectivity index (χ2n) is 4.41. The molecule has 0 bridgehead atoms. The van der Waals surface area contributed by atoms with Gasteiger partial charge in [-0.2, -0.15) is 0 Å². The minimum atomic E-state index is -0.588. The third-order valence-electron chi connectivity index (χ3n) is 2.61. The van der Waals surface area contributed by atoms with Crippen LogP contribution in [0.3, 0.4) is 0 Å². The van der Waals surface area contributed by atoms with E-state index in [1.54, 1.807) is 6.92 Å². The van der Waals surface area contributed by atoms with Gasteiger partial charge in [0.2, 0.25) is 0 Å². The fraction of sp³-hybridized carbons (Fsp3) is 0.500. The van der Waals surface area contributed by atoms with Gasteiger partial charge in [0.1, 0.15) is 11.6 Å². The van der Waals surface area contributed by atoms with Crippen LogP contribution in [0.1, 0.15) is 33.6 Å². The molecule has 0 saturated carbocycles. The molecule has 0 heterocycles. The normalized spacial score (nSPS) is 13.8. The molecule has 1 amide bonds. The van der Waals surface area contributed by atoms with Crippen molar-refractivity contribution in [1.82, 2.24) is 5.32 Å². The summed E-state index contributed by atoms with van der Waals surface area (Å²) in [5.41, 5.74) is 0. The van der Waals surface area contributed by atoms with Crippen LogP contribution < -0.4 is 10.1 Å². The third-order valence-corrected chi connectivity index (χ3v) is 2.61. The Morgan fingerprint density at radius 1 is 1.33 bits per heavy atom. The monoisotopic (exact) mass is 253 g/mol. The van der Waals surface area contributed by atoms with E-state index in [9.17, 15) is 9.18 Å². The first-order valence-electron chi connectivity index (χ1n) is 6.25. The summed E-state index contributed by atoms with van der Waals surface area (Å²) >= 11 is 0. The van der Waals surface area contributed by atoms with Gasteiger partial charge in [-0.3, -0.25) is 4.79 Å². The molecule has 1 N–H and O–H groups in total. The second kappa shape index (κ2) is 6.99. The maximum absolute atomic E-state index is 12.7. The fourth-order valence-electron chi connectivity index (χ4n) is 1.64. The lowest BCUT2D eigenvalue weighted by atomic mass is 10.2. The Balaban J connectivity index is 2.46. The van der Waals surface area contributed by atoms with Crippen molar-refractivity contribution in [3.8, 4) is 5.75 Å². The van der Waals surface area contributed by atoms with Gasteiger partial charge in [-0.15, -0.1) is 0 Å². The van der Waals surface area contributed by atoms with Crippen molar-refractivity contribution in [2.24, 2.45) is 0 Å². The summed E-state index contributed by atoms with van der Waals surface area (Å²) in [6.45, 7) is 5.71. The van der Waals surface area contributed by atoms with Gasteiger partial charge < -0.3 is 10.1 Å². The first kappa shape index (κ1) is 14.5. The molecule has 4 heteroatoms. The van der Waals surface area contributed by atoms with Gasteiger partial charge in [-0.05, 0) is 44.5 Å². The molecule has 18 heavy (non-hydrogen) atoms. The van der Waals surface area contributed by atoms with E-state index in [1.165, 1.54) is 24.3 Å². The molecule has 0 fully saturated rings. The maximum atomic E-state index is 12.7. The number of halogens is 1. The van der Waals surface area contributed by atoms with Crippen molar-refractivity contribution in [2.45, 2.75) is 45.8 Å². The summed E-state index contributed by atoms with van der Waals surface area (Å²) < 4.78 is 18.1. The zero-order chi connectivity index (χ0) is 13.5. The van der Waals surface area contributed by atoms with E-state index in [-0.39, 0.29) is 17.8 Å². The number of amides is 1. The van der Waals surface area contributed by atoms with Crippen molar-refractivity contribution in [2.75, 3.05) is 0 Å². The summed E-state index contributed by atoms with van der Waals surface area (Å²) in [7, 11) is 0. The fourth-order valence-corrected chi connectivity index (χ4v) is 1.64. The molecule has 1 aromatic rings. The quantitative estimate of drug-likeness (QED) is 0.846. The van der Waals surface area contributed by atoms with Crippen LogP contribution in [-0.4, -0.2) is 18.1 Å². The lowest BCUT2D eigenvalue weighted by molar-refractivity contribution is -0.127. The molecule has 3 nitrogen and oxygen atoms in total. The Kier molecular flexibility index (Phi) is 5.62. The highest BCUT2D eigenvalue weighted by Gasteiger charge is 2.16. The molecule has 0 radical (unpaired) electrons. The van der Waals surface area contributed by atoms with Crippen molar-refractivity contribution in [1.29, 1.82) is 0 Å². The number of nitrogens with one attached hydrogen (secondary N) is 1. The Morgan fingerprint density at radius 2 is 1.94 bits per heavy atom. The second-order valence-corrected chi connectivity index (χ2v) is 4.41. The van der Waals surface area contributed by atoms with Crippen molar-refractivity contribution < 1.29 is 13.9 Å². The zero-order valence-corrected chi connectivity index (χ0v) is 11.1. The number of benzene rings is 1. The highest BCUT2D eigenvalue weighted by molar-refractivity contribution is 5.80. The molecule has 0 aliphatic carbocycles. The number of hydrogen-bond acceptors (Lipinski definition) is 2. The van der Waals surface area contributed by atoms with E-state index < -0.39 is 6.10 Å². The van der Waals surface area contributed by atoms with Crippen molar-refractivity contribution >= 4 is 5.91 Å². The van der Waals surface area contributed by atoms with E-state index in [0.29, 0.717) is 5.75 Å². The molecule has 1 aromatic carbocycles. The van der Waals surface area contributed by atoms with E-state index in [2.05, 4.69) is 12.2 Å². The van der Waals surface area contributed by atoms with E-state index in [0.717, 1.165) is 12.8 Å². The summed E-state index contributed by atoms with van der Waals surface area (Å²) in [4.78, 5) is 11.8. The largest absolute Gasteiger partial charge is 0.481 e. The molecular weight excluding hydrogens is 233 g/mol. The lowest BCUT2D eigenvalue weighted by Crippen LogP contribution is -2.41. The molecule has 0 aliphatic rings. The summed E-state index contributed by atoms with van der Waals surface area (Å²) in [5, 5.41) is 2.87. The molecule has 1 rings (SSSR count). The molecule has 0 aromatic heterocycles. The van der Waals surface area contributed by atoms with Gasteiger partial charge in [0.25, 0.3) is 5.91 Å². The summed E-state index contributed by atoms with van der Waals surface area (Å²) in [6, 6.07) is 5.77. The maximum Gasteiger partial charge on any atom is 0.260 e. The predicted molar refractivity (Wildman–Crippen MR) is 69.0 cm³/mol. The summed E-state index contributed by atoms with van der Waals surface area (Å²) in [5.74, 6) is 0.0125. The van der Waals surface area contributed by atoms with Gasteiger partial charge in [0, 0.05) is 6.04 Å². The molecule has 0 aliphatic heterocycles. The van der Waals surface area contributed by atoms with Gasteiger partial charge in [0.05, 0.1) is 0 Å². The topological polar surface area (TPSA) is 38.3 Å².